The molecule has 22 heavy (non-hydrogen) atoms. The molecule has 4 nitrogen and oxygen atoms in total. The molecule has 0 fully saturated rings. The van der Waals surface area contributed by atoms with E-state index in [1.807, 2.05) is 49.4 Å². The summed E-state index contributed by atoms with van der Waals surface area (Å²) in [5.74, 6) is 0.655. The van der Waals surface area contributed by atoms with Crippen LogP contribution in [0.5, 0.6) is 5.75 Å². The van der Waals surface area contributed by atoms with Crippen molar-refractivity contribution in [2.75, 3.05) is 12.4 Å². The Morgan fingerprint density at radius 1 is 1.23 bits per heavy atom. The van der Waals surface area contributed by atoms with E-state index >= 15 is 0 Å². The molecule has 1 N–H and O–H groups in total. The third-order valence-corrected chi connectivity index (χ3v) is 4.48. The van der Waals surface area contributed by atoms with Gasteiger partial charge in [0.05, 0.1) is 18.2 Å². The zero-order valence-corrected chi connectivity index (χ0v) is 13.2. The monoisotopic (exact) mass is 312 g/mol. The molecule has 0 saturated heterocycles. The average Bonchev–Trinajstić information content (AvgIpc) is 2.93. The van der Waals surface area contributed by atoms with Gasteiger partial charge in [-0.05, 0) is 24.1 Å². The van der Waals surface area contributed by atoms with Crippen LogP contribution < -0.4 is 10.1 Å². The molecular formula is C17H16N2O2S. The second-order valence-electron chi connectivity index (χ2n) is 4.99. The largest absolute Gasteiger partial charge is 0.494 e. The zero-order chi connectivity index (χ0) is 15.5. The third kappa shape index (κ3) is 2.94. The number of aromatic nitrogens is 1. The average molecular weight is 312 g/mol. The van der Waals surface area contributed by atoms with Crippen molar-refractivity contribution >= 4 is 32.6 Å². The summed E-state index contributed by atoms with van der Waals surface area (Å²) in [7, 11) is 1.62. The van der Waals surface area contributed by atoms with E-state index in [2.05, 4.69) is 10.3 Å². The van der Waals surface area contributed by atoms with Crippen LogP contribution in [0, 0.1) is 6.92 Å². The second-order valence-corrected chi connectivity index (χ2v) is 5.99. The Hall–Kier alpha value is -2.40. The Kier molecular flexibility index (Phi) is 4.06. The maximum Gasteiger partial charge on any atom is 0.230 e. The molecule has 0 saturated carbocycles. The number of carbonyl (C=O) groups excluding carboxylic acids is 1. The van der Waals surface area contributed by atoms with Gasteiger partial charge in [-0.2, -0.15) is 0 Å². The predicted molar refractivity (Wildman–Crippen MR) is 89.7 cm³/mol. The van der Waals surface area contributed by atoms with Crippen LogP contribution in [-0.2, 0) is 11.2 Å². The van der Waals surface area contributed by atoms with Crippen LogP contribution in [0.25, 0.3) is 10.2 Å². The lowest BCUT2D eigenvalue weighted by Gasteiger charge is -2.01. The van der Waals surface area contributed by atoms with E-state index in [9.17, 15) is 4.79 Å². The van der Waals surface area contributed by atoms with E-state index in [-0.39, 0.29) is 5.91 Å². The molecule has 0 bridgehead atoms. The quantitative estimate of drug-likeness (QED) is 0.797. The molecule has 0 aliphatic heterocycles. The predicted octanol–water partition coefficient (Wildman–Crippen LogP) is 3.79. The standard InChI is InChI=1S/C17H16N2O2S/c1-11-8-9-13(21-2)15-16(11)22-17(19-15)18-14(20)10-12-6-4-3-5-7-12/h3-9H,10H2,1-2H3,(H,18,19,20). The van der Waals surface area contributed by atoms with E-state index < -0.39 is 0 Å². The van der Waals surface area contributed by atoms with Gasteiger partial charge in [0.25, 0.3) is 0 Å². The van der Waals surface area contributed by atoms with Crippen molar-refractivity contribution in [3.05, 3.63) is 53.6 Å². The van der Waals surface area contributed by atoms with Gasteiger partial charge in [-0.1, -0.05) is 47.7 Å². The number of fused-ring (bicyclic) bond motifs is 1. The highest BCUT2D eigenvalue weighted by atomic mass is 32.1. The molecule has 1 aromatic heterocycles. The summed E-state index contributed by atoms with van der Waals surface area (Å²) >= 11 is 1.47. The molecule has 0 radical (unpaired) electrons. The first-order valence-corrected chi connectivity index (χ1v) is 7.77. The van der Waals surface area contributed by atoms with Crippen LogP contribution in [0.2, 0.25) is 0 Å². The second kappa shape index (κ2) is 6.15. The molecule has 112 valence electrons. The number of aryl methyl sites for hydroxylation is 1. The van der Waals surface area contributed by atoms with Crippen LogP contribution in [0.4, 0.5) is 5.13 Å². The molecule has 0 aliphatic rings. The summed E-state index contributed by atoms with van der Waals surface area (Å²) in [6.07, 6.45) is 0.340. The van der Waals surface area contributed by atoms with Gasteiger partial charge in [0.15, 0.2) is 5.13 Å². The van der Waals surface area contributed by atoms with Gasteiger partial charge in [-0.15, -0.1) is 0 Å². The zero-order valence-electron chi connectivity index (χ0n) is 12.4. The van der Waals surface area contributed by atoms with E-state index in [1.165, 1.54) is 11.3 Å². The maximum atomic E-state index is 12.1. The van der Waals surface area contributed by atoms with Crippen LogP contribution in [-0.4, -0.2) is 18.0 Å². The first kappa shape index (κ1) is 14.5. The minimum atomic E-state index is -0.0677. The summed E-state index contributed by atoms with van der Waals surface area (Å²) in [6, 6.07) is 13.5. The minimum Gasteiger partial charge on any atom is -0.494 e. The maximum absolute atomic E-state index is 12.1. The number of methoxy groups -OCH3 is 1. The molecule has 1 heterocycles. The van der Waals surface area contributed by atoms with E-state index in [0.29, 0.717) is 11.6 Å². The van der Waals surface area contributed by atoms with Crippen molar-refractivity contribution in [3.8, 4) is 5.75 Å². The molecule has 1 amide bonds. The van der Waals surface area contributed by atoms with Gasteiger partial charge in [0, 0.05) is 0 Å². The molecule has 0 aliphatic carbocycles. The van der Waals surface area contributed by atoms with Gasteiger partial charge in [-0.3, -0.25) is 4.79 Å². The number of thiazole rings is 1. The van der Waals surface area contributed by atoms with Gasteiger partial charge < -0.3 is 10.1 Å². The summed E-state index contributed by atoms with van der Waals surface area (Å²) in [4.78, 5) is 16.6. The summed E-state index contributed by atoms with van der Waals surface area (Å²) in [6.45, 7) is 2.02. The fourth-order valence-electron chi connectivity index (χ4n) is 2.27. The normalized spacial score (nSPS) is 10.6. The molecular weight excluding hydrogens is 296 g/mol. The molecule has 3 rings (SSSR count). The van der Waals surface area contributed by atoms with Gasteiger partial charge >= 0.3 is 0 Å². The molecule has 2 aromatic carbocycles. The number of nitrogens with zero attached hydrogens (tertiary/aromatic N) is 1. The molecule has 0 unspecified atom stereocenters. The van der Waals surface area contributed by atoms with Crippen molar-refractivity contribution in [3.63, 3.8) is 0 Å². The van der Waals surface area contributed by atoms with Crippen molar-refractivity contribution < 1.29 is 9.53 Å². The summed E-state index contributed by atoms with van der Waals surface area (Å²) in [5, 5.41) is 3.47. The first-order valence-electron chi connectivity index (χ1n) is 6.95. The minimum absolute atomic E-state index is 0.0677. The van der Waals surface area contributed by atoms with Crippen LogP contribution >= 0.6 is 11.3 Å². The Balaban J connectivity index is 1.82. The van der Waals surface area contributed by atoms with E-state index in [4.69, 9.17) is 4.74 Å². The number of anilines is 1. The first-order chi connectivity index (χ1) is 10.7. The summed E-state index contributed by atoms with van der Waals surface area (Å²) in [5.41, 5.74) is 2.90. The van der Waals surface area contributed by atoms with Crippen LogP contribution in [0.1, 0.15) is 11.1 Å². The highest BCUT2D eigenvalue weighted by molar-refractivity contribution is 7.22. The van der Waals surface area contributed by atoms with Crippen molar-refractivity contribution in [2.45, 2.75) is 13.3 Å². The summed E-state index contributed by atoms with van der Waals surface area (Å²) < 4.78 is 6.36. The fraction of sp³-hybridized carbons (Fsp3) is 0.176. The number of amides is 1. The highest BCUT2D eigenvalue weighted by Gasteiger charge is 2.13. The number of carbonyl (C=O) groups is 1. The molecule has 5 heteroatoms. The Morgan fingerprint density at radius 2 is 2.00 bits per heavy atom. The fourth-order valence-corrected chi connectivity index (χ4v) is 3.24. The SMILES string of the molecule is COc1ccc(C)c2sc(NC(=O)Cc3ccccc3)nc12. The smallest absolute Gasteiger partial charge is 0.230 e. The molecule has 0 atom stereocenters. The Morgan fingerprint density at radius 3 is 2.73 bits per heavy atom. The van der Waals surface area contributed by atoms with E-state index in [1.54, 1.807) is 7.11 Å². The number of nitrogens with one attached hydrogen (secondary N) is 1. The number of benzene rings is 2. The number of ether oxygens (including phenoxy) is 1. The van der Waals surface area contributed by atoms with Gasteiger partial charge in [-0.25, -0.2) is 4.98 Å². The topological polar surface area (TPSA) is 51.2 Å². The Labute approximate surface area is 132 Å². The van der Waals surface area contributed by atoms with Crippen molar-refractivity contribution in [1.82, 2.24) is 4.98 Å². The number of hydrogen-bond acceptors (Lipinski definition) is 4. The molecule has 0 spiro atoms. The number of rotatable bonds is 4. The van der Waals surface area contributed by atoms with Gasteiger partial charge in [0.1, 0.15) is 11.3 Å². The lowest BCUT2D eigenvalue weighted by Crippen LogP contribution is -2.14. The number of hydrogen-bond donors (Lipinski definition) is 1. The highest BCUT2D eigenvalue weighted by Crippen LogP contribution is 2.34. The lowest BCUT2D eigenvalue weighted by molar-refractivity contribution is -0.115. The van der Waals surface area contributed by atoms with Crippen LogP contribution in [0.3, 0.4) is 0 Å². The van der Waals surface area contributed by atoms with Gasteiger partial charge in [0.2, 0.25) is 5.91 Å². The van der Waals surface area contributed by atoms with Crippen molar-refractivity contribution in [2.24, 2.45) is 0 Å². The van der Waals surface area contributed by atoms with Crippen LogP contribution in [0.15, 0.2) is 42.5 Å². The Bertz CT molecular complexity index is 812. The molecule has 3 aromatic rings. The lowest BCUT2D eigenvalue weighted by atomic mass is 10.1. The third-order valence-electron chi connectivity index (χ3n) is 3.38. The van der Waals surface area contributed by atoms with E-state index in [0.717, 1.165) is 27.1 Å². The van der Waals surface area contributed by atoms with Crippen molar-refractivity contribution in [1.29, 1.82) is 0 Å².